The Morgan fingerprint density at radius 2 is 1.79 bits per heavy atom. The Balaban J connectivity index is 2.19. The number of halogens is 2. The van der Waals surface area contributed by atoms with Gasteiger partial charge in [-0.25, -0.2) is 8.78 Å². The van der Waals surface area contributed by atoms with Gasteiger partial charge in [0.05, 0.1) is 5.56 Å². The molecule has 0 amide bonds. The highest BCUT2D eigenvalue weighted by molar-refractivity contribution is 5.37. The van der Waals surface area contributed by atoms with Gasteiger partial charge in [0.25, 0.3) is 0 Å². The third-order valence-electron chi connectivity index (χ3n) is 2.87. The van der Waals surface area contributed by atoms with Crippen LogP contribution in [-0.4, -0.2) is 0 Å². The Kier molecular flexibility index (Phi) is 4.12. The summed E-state index contributed by atoms with van der Waals surface area (Å²) in [6, 6.07) is 9.27. The summed E-state index contributed by atoms with van der Waals surface area (Å²) in [7, 11) is 0. The van der Waals surface area contributed by atoms with Crippen molar-refractivity contribution in [2.24, 2.45) is 5.73 Å². The zero-order chi connectivity index (χ0) is 13.8. The predicted molar refractivity (Wildman–Crippen MR) is 69.8 cm³/mol. The largest absolute Gasteiger partial charge is 0.488 e. The number of hydrogen-bond acceptors (Lipinski definition) is 2. The van der Waals surface area contributed by atoms with Crippen molar-refractivity contribution in [3.8, 4) is 5.75 Å². The van der Waals surface area contributed by atoms with Gasteiger partial charge in [-0.15, -0.1) is 0 Å². The summed E-state index contributed by atoms with van der Waals surface area (Å²) in [6.07, 6.45) is 0. The maximum Gasteiger partial charge on any atom is 0.132 e. The Morgan fingerprint density at radius 1 is 1.11 bits per heavy atom. The molecular formula is C15H15F2NO. The molecule has 0 heterocycles. The molecule has 2 rings (SSSR count). The molecule has 19 heavy (non-hydrogen) atoms. The van der Waals surface area contributed by atoms with E-state index in [1.165, 1.54) is 18.2 Å². The average Bonchev–Trinajstić information content (AvgIpc) is 2.39. The van der Waals surface area contributed by atoms with Crippen LogP contribution in [0.15, 0.2) is 36.4 Å². The number of nitrogens with two attached hydrogens (primary N) is 1. The SMILES string of the molecule is Cc1ccc(OCc2c(F)cccc2F)c(CN)c1. The van der Waals surface area contributed by atoms with E-state index in [0.717, 1.165) is 11.1 Å². The summed E-state index contributed by atoms with van der Waals surface area (Å²) in [5, 5.41) is 0. The van der Waals surface area contributed by atoms with Gasteiger partial charge in [0.1, 0.15) is 24.0 Å². The molecule has 100 valence electrons. The molecule has 0 aliphatic heterocycles. The lowest BCUT2D eigenvalue weighted by atomic mass is 10.1. The van der Waals surface area contributed by atoms with E-state index in [0.29, 0.717) is 12.3 Å². The first kappa shape index (κ1) is 13.5. The predicted octanol–water partition coefficient (Wildman–Crippen LogP) is 3.31. The third-order valence-corrected chi connectivity index (χ3v) is 2.87. The van der Waals surface area contributed by atoms with Crippen LogP contribution in [0.25, 0.3) is 0 Å². The van der Waals surface area contributed by atoms with Crippen molar-refractivity contribution >= 4 is 0 Å². The molecule has 0 saturated heterocycles. The van der Waals surface area contributed by atoms with Crippen molar-refractivity contribution in [1.29, 1.82) is 0 Å². The monoisotopic (exact) mass is 263 g/mol. The van der Waals surface area contributed by atoms with Crippen molar-refractivity contribution in [3.63, 3.8) is 0 Å². The normalized spacial score (nSPS) is 10.5. The van der Waals surface area contributed by atoms with Gasteiger partial charge in [-0.3, -0.25) is 0 Å². The third kappa shape index (κ3) is 3.09. The molecule has 0 saturated carbocycles. The molecule has 0 aliphatic rings. The summed E-state index contributed by atoms with van der Waals surface area (Å²) < 4.78 is 32.4. The van der Waals surface area contributed by atoms with Crippen molar-refractivity contribution in [2.75, 3.05) is 0 Å². The molecule has 2 nitrogen and oxygen atoms in total. The first-order valence-electron chi connectivity index (χ1n) is 5.97. The van der Waals surface area contributed by atoms with Crippen LogP contribution in [0.2, 0.25) is 0 Å². The smallest absolute Gasteiger partial charge is 0.132 e. The fourth-order valence-electron chi connectivity index (χ4n) is 1.83. The second-order valence-electron chi connectivity index (χ2n) is 4.30. The molecule has 2 aromatic carbocycles. The maximum absolute atomic E-state index is 13.5. The summed E-state index contributed by atoms with van der Waals surface area (Å²) >= 11 is 0. The number of rotatable bonds is 4. The van der Waals surface area contributed by atoms with Crippen LogP contribution < -0.4 is 10.5 Å². The quantitative estimate of drug-likeness (QED) is 0.918. The van der Waals surface area contributed by atoms with Crippen LogP contribution in [0.5, 0.6) is 5.75 Å². The van der Waals surface area contributed by atoms with Gasteiger partial charge in [0.2, 0.25) is 0 Å². The summed E-state index contributed by atoms with van der Waals surface area (Å²) in [6.45, 7) is 2.10. The van der Waals surface area contributed by atoms with E-state index < -0.39 is 11.6 Å². The van der Waals surface area contributed by atoms with Gasteiger partial charge >= 0.3 is 0 Å². The number of hydrogen-bond donors (Lipinski definition) is 1. The van der Waals surface area contributed by atoms with Crippen LogP contribution in [0.1, 0.15) is 16.7 Å². The highest BCUT2D eigenvalue weighted by Crippen LogP contribution is 2.22. The number of ether oxygens (including phenoxy) is 1. The van der Waals surface area contributed by atoms with Crippen LogP contribution in [0.4, 0.5) is 8.78 Å². The van der Waals surface area contributed by atoms with Crippen LogP contribution >= 0.6 is 0 Å². The van der Waals surface area contributed by atoms with Crippen molar-refractivity contribution < 1.29 is 13.5 Å². The molecule has 0 atom stereocenters. The standard InChI is InChI=1S/C15H15F2NO/c1-10-5-6-15(11(7-10)8-18)19-9-12-13(16)3-2-4-14(12)17/h2-7H,8-9,18H2,1H3. The molecule has 0 bridgehead atoms. The average molecular weight is 263 g/mol. The fourth-order valence-corrected chi connectivity index (χ4v) is 1.83. The molecule has 4 heteroatoms. The van der Waals surface area contributed by atoms with Crippen molar-refractivity contribution in [2.45, 2.75) is 20.1 Å². The van der Waals surface area contributed by atoms with Gasteiger partial charge < -0.3 is 10.5 Å². The minimum Gasteiger partial charge on any atom is -0.488 e. The zero-order valence-corrected chi connectivity index (χ0v) is 10.6. The molecule has 2 aromatic rings. The van der Waals surface area contributed by atoms with Crippen LogP contribution in [-0.2, 0) is 13.2 Å². The molecule has 0 spiro atoms. The Labute approximate surface area is 110 Å². The second-order valence-corrected chi connectivity index (χ2v) is 4.30. The van der Waals surface area contributed by atoms with Crippen LogP contribution in [0, 0.1) is 18.6 Å². The van der Waals surface area contributed by atoms with E-state index in [2.05, 4.69) is 0 Å². The topological polar surface area (TPSA) is 35.2 Å². The lowest BCUT2D eigenvalue weighted by Crippen LogP contribution is -2.05. The summed E-state index contributed by atoms with van der Waals surface area (Å²) in [5.41, 5.74) is 7.42. The maximum atomic E-state index is 13.5. The highest BCUT2D eigenvalue weighted by Gasteiger charge is 2.10. The first-order chi connectivity index (χ1) is 9.11. The summed E-state index contributed by atoms with van der Waals surface area (Å²) in [4.78, 5) is 0. The highest BCUT2D eigenvalue weighted by atomic mass is 19.1. The molecule has 0 aliphatic carbocycles. The Bertz CT molecular complexity index is 564. The molecule has 2 N–H and O–H groups in total. The van der Waals surface area contributed by atoms with E-state index in [9.17, 15) is 8.78 Å². The Morgan fingerprint density at radius 3 is 2.42 bits per heavy atom. The molecule has 0 aromatic heterocycles. The number of benzene rings is 2. The van der Waals surface area contributed by atoms with Gasteiger partial charge in [0.15, 0.2) is 0 Å². The van der Waals surface area contributed by atoms with Gasteiger partial charge in [0, 0.05) is 12.1 Å². The van der Waals surface area contributed by atoms with E-state index in [4.69, 9.17) is 10.5 Å². The zero-order valence-electron chi connectivity index (χ0n) is 10.6. The van der Waals surface area contributed by atoms with Crippen LogP contribution in [0.3, 0.4) is 0 Å². The van der Waals surface area contributed by atoms with E-state index in [1.54, 1.807) is 6.07 Å². The molecule has 0 radical (unpaired) electrons. The fraction of sp³-hybridized carbons (Fsp3) is 0.200. The first-order valence-corrected chi connectivity index (χ1v) is 5.97. The Hall–Kier alpha value is -1.94. The lowest BCUT2D eigenvalue weighted by Gasteiger charge is -2.12. The van der Waals surface area contributed by atoms with Gasteiger partial charge in [-0.05, 0) is 25.1 Å². The van der Waals surface area contributed by atoms with Gasteiger partial charge in [-0.1, -0.05) is 23.8 Å². The van der Waals surface area contributed by atoms with E-state index in [1.807, 2.05) is 19.1 Å². The van der Waals surface area contributed by atoms with Crippen molar-refractivity contribution in [3.05, 3.63) is 64.7 Å². The lowest BCUT2D eigenvalue weighted by molar-refractivity contribution is 0.289. The van der Waals surface area contributed by atoms with Crippen molar-refractivity contribution in [1.82, 2.24) is 0 Å². The number of aryl methyl sites for hydroxylation is 1. The molecule has 0 fully saturated rings. The van der Waals surface area contributed by atoms with E-state index >= 15 is 0 Å². The molecular weight excluding hydrogens is 248 g/mol. The molecule has 0 unspecified atom stereocenters. The summed E-state index contributed by atoms with van der Waals surface area (Å²) in [5.74, 6) is -0.668. The van der Waals surface area contributed by atoms with E-state index in [-0.39, 0.29) is 12.2 Å². The second kappa shape index (κ2) is 5.80. The minimum absolute atomic E-state index is 0.0777. The minimum atomic E-state index is -0.610. The van der Waals surface area contributed by atoms with Gasteiger partial charge in [-0.2, -0.15) is 0 Å².